The molecule has 2 aromatic carbocycles. The summed E-state index contributed by atoms with van der Waals surface area (Å²) in [6, 6.07) is 16.3. The third-order valence-electron chi connectivity index (χ3n) is 8.59. The number of benzene rings is 2. The van der Waals surface area contributed by atoms with Crippen LogP contribution < -0.4 is 4.90 Å². The van der Waals surface area contributed by atoms with Gasteiger partial charge in [-0.3, -0.25) is 14.4 Å². The van der Waals surface area contributed by atoms with E-state index in [-0.39, 0.29) is 42.8 Å². The van der Waals surface area contributed by atoms with E-state index in [2.05, 4.69) is 10.3 Å². The van der Waals surface area contributed by atoms with Gasteiger partial charge in [0.1, 0.15) is 18.2 Å². The van der Waals surface area contributed by atoms with Crippen LogP contribution in [0.4, 0.5) is 5.69 Å². The number of aliphatic hydroxyl groups is 1. The molecule has 1 aromatic heterocycles. The number of likely N-dealkylation sites (tertiary alicyclic amines) is 1. The lowest BCUT2D eigenvalue weighted by Crippen LogP contribution is -2.53. The van der Waals surface area contributed by atoms with E-state index in [1.165, 1.54) is 0 Å². The maximum Gasteiger partial charge on any atom is 0.248 e. The number of carbonyl (C=O) groups is 3. The number of rotatable bonds is 6. The van der Waals surface area contributed by atoms with Crippen molar-refractivity contribution in [1.29, 1.82) is 0 Å². The van der Waals surface area contributed by atoms with Crippen LogP contribution in [0.2, 0.25) is 0 Å². The van der Waals surface area contributed by atoms with Gasteiger partial charge in [-0.1, -0.05) is 59.8 Å². The first kappa shape index (κ1) is 26.0. The minimum absolute atomic E-state index is 0.102. The van der Waals surface area contributed by atoms with Gasteiger partial charge in [0.25, 0.3) is 0 Å². The zero-order chi connectivity index (χ0) is 28.1. The number of nitrogens with zero attached hydrogens (tertiary/aromatic N) is 6. The van der Waals surface area contributed by atoms with Gasteiger partial charge in [-0.25, -0.2) is 4.68 Å². The second-order valence-electron chi connectivity index (χ2n) is 10.8. The van der Waals surface area contributed by atoms with Crippen LogP contribution in [0.25, 0.3) is 11.0 Å². The number of thioether (sulfide) groups is 1. The summed E-state index contributed by atoms with van der Waals surface area (Å²) in [5, 5.41) is 17.9. The maximum atomic E-state index is 14.4. The largest absolute Gasteiger partial charge is 0.396 e. The first-order valence-electron chi connectivity index (χ1n) is 13.9. The fourth-order valence-corrected chi connectivity index (χ4v) is 8.82. The molecule has 5 atom stereocenters. The van der Waals surface area contributed by atoms with Crippen molar-refractivity contribution in [3.8, 4) is 0 Å². The monoisotopic (exact) mass is 570 g/mol. The van der Waals surface area contributed by atoms with Crippen molar-refractivity contribution >= 4 is 46.2 Å². The minimum Gasteiger partial charge on any atom is -0.396 e. The molecule has 7 rings (SSSR count). The second-order valence-corrected chi connectivity index (χ2v) is 12.3. The number of fused-ring (bicyclic) bond motifs is 3. The van der Waals surface area contributed by atoms with Crippen LogP contribution in [0, 0.1) is 11.8 Å². The lowest BCUT2D eigenvalue weighted by molar-refractivity contribution is -0.143. The molecule has 1 spiro atoms. The Labute approximate surface area is 241 Å². The molecule has 10 nitrogen and oxygen atoms in total. The van der Waals surface area contributed by atoms with Crippen LogP contribution in [0.5, 0.6) is 0 Å². The lowest BCUT2D eigenvalue weighted by Gasteiger charge is -2.35. The van der Waals surface area contributed by atoms with E-state index in [1.54, 1.807) is 31.1 Å². The fraction of sp³-hybridized carbons (Fsp3) is 0.367. The van der Waals surface area contributed by atoms with E-state index in [9.17, 15) is 19.5 Å². The van der Waals surface area contributed by atoms with Crippen molar-refractivity contribution in [2.75, 3.05) is 31.1 Å². The van der Waals surface area contributed by atoms with Gasteiger partial charge in [0, 0.05) is 37.2 Å². The molecule has 4 aliphatic rings. The van der Waals surface area contributed by atoms with Gasteiger partial charge >= 0.3 is 0 Å². The number of amides is 3. The Kier molecular flexibility index (Phi) is 6.43. The molecule has 1 unspecified atom stereocenters. The standard InChI is InChI=1S/C30H30N6O4S/c37-18-8-17-35-26-29(40)33(19-36-22-12-5-4-11-21(22)31-32-36)15-7-14-30(26)25(28(35)39)24-23(41-30)13-6-16-34(27(24)38)20-9-2-1-3-10-20/h1-7,9-14,23-26,37H,8,15-19H2/t23-,24+,25+,26?,30+/m1/s1. The molecule has 11 heteroatoms. The zero-order valence-electron chi connectivity index (χ0n) is 22.3. The van der Waals surface area contributed by atoms with E-state index in [1.807, 2.05) is 78.9 Å². The van der Waals surface area contributed by atoms with Crippen LogP contribution in [0.1, 0.15) is 6.42 Å². The molecule has 2 saturated heterocycles. The van der Waals surface area contributed by atoms with Gasteiger partial charge in [0.05, 0.1) is 22.1 Å². The fourth-order valence-electron chi connectivity index (χ4n) is 6.81. The first-order valence-corrected chi connectivity index (χ1v) is 14.8. The molecule has 0 saturated carbocycles. The highest BCUT2D eigenvalue weighted by Crippen LogP contribution is 2.61. The van der Waals surface area contributed by atoms with Crippen LogP contribution in [-0.4, -0.2) is 89.9 Å². The van der Waals surface area contributed by atoms with E-state index >= 15 is 0 Å². The molecule has 210 valence electrons. The van der Waals surface area contributed by atoms with Crippen molar-refractivity contribution < 1.29 is 19.5 Å². The number of hydrogen-bond acceptors (Lipinski definition) is 7. The quantitative estimate of drug-likeness (QED) is 0.452. The van der Waals surface area contributed by atoms with Gasteiger partial charge in [-0.2, -0.15) is 0 Å². The van der Waals surface area contributed by atoms with E-state index in [4.69, 9.17) is 0 Å². The summed E-state index contributed by atoms with van der Waals surface area (Å²) in [6.07, 6.45) is 8.33. The third-order valence-corrected chi connectivity index (χ3v) is 10.3. The van der Waals surface area contributed by atoms with Crippen LogP contribution in [0.15, 0.2) is 78.9 Å². The van der Waals surface area contributed by atoms with Gasteiger partial charge in [-0.05, 0) is 30.7 Å². The van der Waals surface area contributed by atoms with Gasteiger partial charge in [-0.15, -0.1) is 16.9 Å². The molecule has 4 aliphatic heterocycles. The highest BCUT2D eigenvalue weighted by atomic mass is 32.2. The third kappa shape index (κ3) is 4.01. The maximum absolute atomic E-state index is 14.4. The van der Waals surface area contributed by atoms with Crippen LogP contribution in [0.3, 0.4) is 0 Å². The van der Waals surface area contributed by atoms with Crippen molar-refractivity contribution in [3.05, 3.63) is 78.9 Å². The normalized spacial score (nSPS) is 29.1. The molecule has 3 aromatic rings. The van der Waals surface area contributed by atoms with Crippen LogP contribution >= 0.6 is 11.8 Å². The number of anilines is 1. The Morgan fingerprint density at radius 2 is 1.76 bits per heavy atom. The highest BCUT2D eigenvalue weighted by molar-refractivity contribution is 8.02. The lowest BCUT2D eigenvalue weighted by atomic mass is 9.78. The average molecular weight is 571 g/mol. The van der Waals surface area contributed by atoms with Gasteiger partial charge < -0.3 is 19.8 Å². The Morgan fingerprint density at radius 1 is 0.951 bits per heavy atom. The summed E-state index contributed by atoms with van der Waals surface area (Å²) < 4.78 is 0.791. The molecule has 3 amide bonds. The highest BCUT2D eigenvalue weighted by Gasteiger charge is 2.71. The zero-order valence-corrected chi connectivity index (χ0v) is 23.1. The van der Waals surface area contributed by atoms with Crippen molar-refractivity contribution in [1.82, 2.24) is 24.8 Å². The predicted molar refractivity (Wildman–Crippen MR) is 155 cm³/mol. The van der Waals surface area contributed by atoms with E-state index in [0.717, 1.165) is 16.7 Å². The smallest absolute Gasteiger partial charge is 0.248 e. The molecule has 0 aliphatic carbocycles. The number of para-hydroxylation sites is 2. The predicted octanol–water partition coefficient (Wildman–Crippen LogP) is 2.07. The molecule has 41 heavy (non-hydrogen) atoms. The number of hydrogen-bond donors (Lipinski definition) is 1. The molecular formula is C30H30N6O4S. The topological polar surface area (TPSA) is 112 Å². The summed E-state index contributed by atoms with van der Waals surface area (Å²) in [4.78, 5) is 47.9. The summed E-state index contributed by atoms with van der Waals surface area (Å²) >= 11 is 1.55. The average Bonchev–Trinajstić information content (AvgIpc) is 3.54. The van der Waals surface area contributed by atoms with E-state index in [0.29, 0.717) is 19.5 Å². The number of aliphatic hydroxyl groups excluding tert-OH is 1. The first-order chi connectivity index (χ1) is 20.0. The molecule has 0 radical (unpaired) electrons. The Hall–Kier alpha value is -3.96. The molecule has 1 N–H and O–H groups in total. The SMILES string of the molecule is O=C1C2N(CCCO)C(=O)[C@@H]3[C@H]4C(=O)N(c5ccccc5)CC=C[C@H]4S[C@]23C=CCN1Cn1nnc2ccccc21. The minimum atomic E-state index is -0.905. The molecule has 2 fully saturated rings. The van der Waals surface area contributed by atoms with Crippen molar-refractivity contribution in [3.63, 3.8) is 0 Å². The number of carbonyl (C=O) groups excluding carboxylic acids is 3. The summed E-state index contributed by atoms with van der Waals surface area (Å²) in [7, 11) is 0. The summed E-state index contributed by atoms with van der Waals surface area (Å²) in [5.74, 6) is -1.81. The van der Waals surface area contributed by atoms with E-state index < -0.39 is 22.6 Å². The molecule has 0 bridgehead atoms. The molecule has 5 heterocycles. The van der Waals surface area contributed by atoms with Crippen molar-refractivity contribution in [2.45, 2.75) is 29.1 Å². The number of aromatic nitrogens is 3. The Balaban J connectivity index is 1.27. The van der Waals surface area contributed by atoms with Crippen molar-refractivity contribution in [2.24, 2.45) is 11.8 Å². The van der Waals surface area contributed by atoms with Gasteiger partial charge in [0.15, 0.2) is 0 Å². The Morgan fingerprint density at radius 3 is 2.59 bits per heavy atom. The molecular weight excluding hydrogens is 540 g/mol. The summed E-state index contributed by atoms with van der Waals surface area (Å²) in [6.45, 7) is 1.09. The van der Waals surface area contributed by atoms with Gasteiger partial charge in [0.2, 0.25) is 17.7 Å². The second kappa shape index (κ2) is 10.1. The van der Waals surface area contributed by atoms with Crippen LogP contribution in [-0.2, 0) is 21.1 Å². The summed E-state index contributed by atoms with van der Waals surface area (Å²) in [5.41, 5.74) is 2.34. The Bertz CT molecular complexity index is 1570.